The lowest BCUT2D eigenvalue weighted by molar-refractivity contribution is 0.112. The number of aldehydes is 1. The average Bonchev–Trinajstić information content (AvgIpc) is 2.63. The van der Waals surface area contributed by atoms with Crippen molar-refractivity contribution in [3.05, 3.63) is 29.8 Å². The molecule has 0 aromatic heterocycles. The number of hydrogen-bond acceptors (Lipinski definition) is 5. The highest BCUT2D eigenvalue weighted by atomic mass is 16.1. The molecule has 2 saturated heterocycles. The number of benzene rings is 1. The fraction of sp³-hybridized carbons (Fsp3) is 0.611. The van der Waals surface area contributed by atoms with Crippen LogP contribution >= 0.6 is 0 Å². The summed E-state index contributed by atoms with van der Waals surface area (Å²) >= 11 is 0. The van der Waals surface area contributed by atoms with E-state index in [2.05, 4.69) is 26.5 Å². The van der Waals surface area contributed by atoms with Gasteiger partial charge in [0, 0.05) is 69.7 Å². The smallest absolute Gasteiger partial charge is 0.150 e. The fourth-order valence-corrected chi connectivity index (χ4v) is 3.50. The Morgan fingerprint density at radius 3 is 2.70 bits per heavy atom. The molecule has 0 unspecified atom stereocenters. The minimum absolute atomic E-state index is 0.628. The van der Waals surface area contributed by atoms with Gasteiger partial charge in [-0.2, -0.15) is 0 Å². The molecular formula is C18H28N4O. The monoisotopic (exact) mass is 316 g/mol. The molecule has 126 valence electrons. The van der Waals surface area contributed by atoms with E-state index in [9.17, 15) is 4.79 Å². The normalized spacial score (nSPS) is 20.6. The summed E-state index contributed by atoms with van der Waals surface area (Å²) in [5.41, 5.74) is 1.94. The van der Waals surface area contributed by atoms with Gasteiger partial charge in [-0.3, -0.25) is 9.69 Å². The van der Waals surface area contributed by atoms with Gasteiger partial charge in [-0.15, -0.1) is 0 Å². The zero-order valence-corrected chi connectivity index (χ0v) is 13.8. The Morgan fingerprint density at radius 1 is 1.17 bits per heavy atom. The van der Waals surface area contributed by atoms with Crippen LogP contribution in [0.2, 0.25) is 0 Å². The Kier molecular flexibility index (Phi) is 6.02. The standard InChI is InChI=1S/C18H28N4O/c23-15-16-2-1-3-18(14-16)22-9-4-17(5-10-22)20-8-13-21-11-6-19-7-12-21/h1-3,14-15,17,19-20H,4-13H2. The molecule has 2 heterocycles. The highest BCUT2D eigenvalue weighted by Crippen LogP contribution is 2.20. The second-order valence-corrected chi connectivity index (χ2v) is 6.52. The minimum atomic E-state index is 0.628. The first kappa shape index (κ1) is 16.4. The Balaban J connectivity index is 1.38. The van der Waals surface area contributed by atoms with Crippen molar-refractivity contribution in [2.75, 3.05) is 57.3 Å². The molecule has 5 nitrogen and oxygen atoms in total. The summed E-state index contributed by atoms with van der Waals surface area (Å²) < 4.78 is 0. The number of carbonyl (C=O) groups excluding carboxylic acids is 1. The van der Waals surface area contributed by atoms with Crippen molar-refractivity contribution >= 4 is 12.0 Å². The number of hydrogen-bond donors (Lipinski definition) is 2. The molecule has 0 spiro atoms. The van der Waals surface area contributed by atoms with Crippen LogP contribution in [0.3, 0.4) is 0 Å². The summed E-state index contributed by atoms with van der Waals surface area (Å²) in [5.74, 6) is 0. The Morgan fingerprint density at radius 2 is 1.96 bits per heavy atom. The van der Waals surface area contributed by atoms with Crippen molar-refractivity contribution in [3.8, 4) is 0 Å². The molecule has 0 amide bonds. The highest BCUT2D eigenvalue weighted by Gasteiger charge is 2.19. The van der Waals surface area contributed by atoms with E-state index in [-0.39, 0.29) is 0 Å². The minimum Gasteiger partial charge on any atom is -0.371 e. The van der Waals surface area contributed by atoms with E-state index in [0.717, 1.165) is 51.1 Å². The summed E-state index contributed by atoms with van der Waals surface area (Å²) in [5, 5.41) is 7.11. The first-order chi connectivity index (χ1) is 11.3. The first-order valence-corrected chi connectivity index (χ1v) is 8.82. The second-order valence-electron chi connectivity index (χ2n) is 6.52. The van der Waals surface area contributed by atoms with E-state index in [1.165, 1.54) is 31.6 Å². The van der Waals surface area contributed by atoms with Gasteiger partial charge in [0.2, 0.25) is 0 Å². The van der Waals surface area contributed by atoms with Crippen LogP contribution in [0.4, 0.5) is 5.69 Å². The fourth-order valence-electron chi connectivity index (χ4n) is 3.50. The van der Waals surface area contributed by atoms with E-state index < -0.39 is 0 Å². The molecule has 2 aliphatic heterocycles. The number of nitrogens with one attached hydrogen (secondary N) is 2. The first-order valence-electron chi connectivity index (χ1n) is 8.82. The Labute approximate surface area is 139 Å². The van der Waals surface area contributed by atoms with Gasteiger partial charge in [-0.25, -0.2) is 0 Å². The van der Waals surface area contributed by atoms with Crippen LogP contribution in [0.15, 0.2) is 24.3 Å². The van der Waals surface area contributed by atoms with Crippen LogP contribution in [0, 0.1) is 0 Å². The molecule has 2 fully saturated rings. The van der Waals surface area contributed by atoms with Crippen LogP contribution in [0.1, 0.15) is 23.2 Å². The maximum absolute atomic E-state index is 10.9. The number of anilines is 1. The van der Waals surface area contributed by atoms with Crippen LogP contribution in [0.25, 0.3) is 0 Å². The molecule has 5 heteroatoms. The van der Waals surface area contributed by atoms with Crippen molar-refractivity contribution < 1.29 is 4.79 Å². The molecule has 2 aliphatic rings. The second kappa shape index (κ2) is 8.43. The van der Waals surface area contributed by atoms with E-state index in [1.807, 2.05) is 18.2 Å². The van der Waals surface area contributed by atoms with Crippen molar-refractivity contribution in [3.63, 3.8) is 0 Å². The van der Waals surface area contributed by atoms with Crippen LogP contribution in [-0.2, 0) is 0 Å². The quantitative estimate of drug-likeness (QED) is 0.766. The van der Waals surface area contributed by atoms with Crippen LogP contribution < -0.4 is 15.5 Å². The number of piperidine rings is 1. The van der Waals surface area contributed by atoms with E-state index in [0.29, 0.717) is 6.04 Å². The van der Waals surface area contributed by atoms with Crippen molar-refractivity contribution in [1.29, 1.82) is 0 Å². The zero-order valence-electron chi connectivity index (χ0n) is 13.8. The lowest BCUT2D eigenvalue weighted by atomic mass is 10.0. The SMILES string of the molecule is O=Cc1cccc(N2CCC(NCCN3CCNCC3)CC2)c1. The van der Waals surface area contributed by atoms with Gasteiger partial charge in [-0.1, -0.05) is 12.1 Å². The molecule has 0 radical (unpaired) electrons. The summed E-state index contributed by atoms with van der Waals surface area (Å²) in [6.45, 7) is 8.96. The third-order valence-electron chi connectivity index (χ3n) is 4.94. The van der Waals surface area contributed by atoms with E-state index >= 15 is 0 Å². The molecule has 0 saturated carbocycles. The van der Waals surface area contributed by atoms with Gasteiger partial charge >= 0.3 is 0 Å². The Bertz CT molecular complexity index is 494. The number of rotatable bonds is 6. The molecule has 2 N–H and O–H groups in total. The van der Waals surface area contributed by atoms with Crippen molar-refractivity contribution in [2.24, 2.45) is 0 Å². The van der Waals surface area contributed by atoms with Gasteiger partial charge in [0.05, 0.1) is 0 Å². The largest absolute Gasteiger partial charge is 0.371 e. The molecule has 0 atom stereocenters. The van der Waals surface area contributed by atoms with Gasteiger partial charge in [0.15, 0.2) is 0 Å². The third-order valence-corrected chi connectivity index (χ3v) is 4.94. The summed E-state index contributed by atoms with van der Waals surface area (Å²) in [6.07, 6.45) is 3.27. The highest BCUT2D eigenvalue weighted by molar-refractivity contribution is 5.77. The van der Waals surface area contributed by atoms with E-state index in [1.54, 1.807) is 0 Å². The summed E-state index contributed by atoms with van der Waals surface area (Å²) in [7, 11) is 0. The van der Waals surface area contributed by atoms with E-state index in [4.69, 9.17) is 0 Å². The van der Waals surface area contributed by atoms with Crippen LogP contribution in [0.5, 0.6) is 0 Å². The molecule has 0 bridgehead atoms. The van der Waals surface area contributed by atoms with Crippen molar-refractivity contribution in [1.82, 2.24) is 15.5 Å². The van der Waals surface area contributed by atoms with Crippen molar-refractivity contribution in [2.45, 2.75) is 18.9 Å². The molecule has 3 rings (SSSR count). The topological polar surface area (TPSA) is 47.6 Å². The zero-order chi connectivity index (χ0) is 15.9. The molecule has 1 aromatic rings. The lowest BCUT2D eigenvalue weighted by Gasteiger charge is -2.35. The summed E-state index contributed by atoms with van der Waals surface area (Å²) in [6, 6.07) is 8.55. The van der Waals surface area contributed by atoms with Gasteiger partial charge in [0.25, 0.3) is 0 Å². The predicted octanol–water partition coefficient (Wildman–Crippen LogP) is 0.963. The molecule has 23 heavy (non-hydrogen) atoms. The Hall–Kier alpha value is -1.43. The average molecular weight is 316 g/mol. The predicted molar refractivity (Wildman–Crippen MR) is 94.4 cm³/mol. The lowest BCUT2D eigenvalue weighted by Crippen LogP contribution is -2.48. The number of carbonyl (C=O) groups is 1. The number of piperazine rings is 1. The maximum atomic E-state index is 10.9. The van der Waals surface area contributed by atoms with Gasteiger partial charge < -0.3 is 15.5 Å². The molecule has 1 aromatic carbocycles. The van der Waals surface area contributed by atoms with Gasteiger partial charge in [0.1, 0.15) is 6.29 Å². The molecule has 0 aliphatic carbocycles. The number of nitrogens with zero attached hydrogens (tertiary/aromatic N) is 2. The summed E-state index contributed by atoms with van der Waals surface area (Å²) in [4.78, 5) is 15.8. The maximum Gasteiger partial charge on any atom is 0.150 e. The molecular weight excluding hydrogens is 288 g/mol. The van der Waals surface area contributed by atoms with Gasteiger partial charge in [-0.05, 0) is 25.0 Å². The third kappa shape index (κ3) is 4.77. The van der Waals surface area contributed by atoms with Crippen LogP contribution in [-0.4, -0.2) is 69.6 Å².